The zero-order valence-corrected chi connectivity index (χ0v) is 30.4. The number of carbonyl (C=O) groups excluding carboxylic acids is 4. The van der Waals surface area contributed by atoms with Crippen LogP contribution in [0.1, 0.15) is 78.9 Å². The van der Waals surface area contributed by atoms with E-state index in [2.05, 4.69) is 21.3 Å². The van der Waals surface area contributed by atoms with Crippen molar-refractivity contribution in [3.63, 3.8) is 0 Å². The molecule has 2 unspecified atom stereocenters. The average Bonchev–Trinajstić information content (AvgIpc) is 3.07. The van der Waals surface area contributed by atoms with Gasteiger partial charge in [0.05, 0.1) is 31.6 Å². The number of amides is 4. The van der Waals surface area contributed by atoms with Crippen LogP contribution < -0.4 is 26.0 Å². The van der Waals surface area contributed by atoms with Crippen molar-refractivity contribution in [2.75, 3.05) is 6.61 Å². The van der Waals surface area contributed by atoms with Crippen LogP contribution in [0.3, 0.4) is 0 Å². The third kappa shape index (κ3) is 13.5. The number of benzene rings is 2. The molecule has 0 radical (unpaired) electrons. The van der Waals surface area contributed by atoms with Crippen LogP contribution >= 0.6 is 0 Å². The number of carboxylic acids is 1. The van der Waals surface area contributed by atoms with Crippen LogP contribution in [0.15, 0.2) is 54.6 Å². The lowest BCUT2D eigenvalue weighted by Gasteiger charge is -2.30. The fraction of sp³-hybridized carbons (Fsp3) is 0.553. The number of rotatable bonds is 21. The number of ether oxygens (including phenoxy) is 1. The van der Waals surface area contributed by atoms with E-state index < -0.39 is 60.4 Å². The van der Waals surface area contributed by atoms with Gasteiger partial charge in [0.15, 0.2) is 0 Å². The highest BCUT2D eigenvalue weighted by molar-refractivity contribution is 5.91. The summed E-state index contributed by atoms with van der Waals surface area (Å²) in [6, 6.07) is 12.4. The van der Waals surface area contributed by atoms with Gasteiger partial charge in [-0.2, -0.15) is 0 Å². The van der Waals surface area contributed by atoms with Crippen LogP contribution in [-0.2, 0) is 36.8 Å². The molecule has 50 heavy (non-hydrogen) atoms. The highest BCUT2D eigenvalue weighted by Crippen LogP contribution is 2.17. The Morgan fingerprint density at radius 1 is 0.700 bits per heavy atom. The Kier molecular flexibility index (Phi) is 17.5. The van der Waals surface area contributed by atoms with E-state index in [4.69, 9.17) is 4.74 Å². The van der Waals surface area contributed by atoms with Gasteiger partial charge in [-0.05, 0) is 54.4 Å². The second kappa shape index (κ2) is 20.9. The Labute approximate surface area is 296 Å². The molecular weight excluding hydrogens is 640 g/mol. The van der Waals surface area contributed by atoms with Crippen molar-refractivity contribution in [3.8, 4) is 5.75 Å². The number of hydrogen-bond donors (Lipinski definition) is 6. The molecule has 0 spiro atoms. The van der Waals surface area contributed by atoms with Gasteiger partial charge in [-0.3, -0.25) is 19.2 Å². The van der Waals surface area contributed by atoms with Crippen LogP contribution in [0.2, 0.25) is 0 Å². The van der Waals surface area contributed by atoms with Gasteiger partial charge in [0.1, 0.15) is 23.9 Å². The number of nitrogens with one attached hydrogen (secondary N) is 4. The summed E-state index contributed by atoms with van der Waals surface area (Å²) in [4.78, 5) is 65.2. The lowest BCUT2D eigenvalue weighted by Crippen LogP contribution is -2.57. The molecule has 12 nitrogen and oxygen atoms in total. The molecule has 0 aliphatic rings. The van der Waals surface area contributed by atoms with Crippen LogP contribution in [0, 0.1) is 17.8 Å². The maximum atomic E-state index is 13.8. The van der Waals surface area contributed by atoms with Gasteiger partial charge in [0.25, 0.3) is 0 Å². The van der Waals surface area contributed by atoms with Crippen molar-refractivity contribution in [2.45, 2.75) is 111 Å². The van der Waals surface area contributed by atoms with Gasteiger partial charge in [-0.1, -0.05) is 96.8 Å². The van der Waals surface area contributed by atoms with Crippen LogP contribution in [0.25, 0.3) is 0 Å². The lowest BCUT2D eigenvalue weighted by atomic mass is 9.94. The number of aliphatic hydroxyl groups is 1. The smallest absolute Gasteiger partial charge is 0.326 e. The van der Waals surface area contributed by atoms with Crippen molar-refractivity contribution in [3.05, 3.63) is 65.7 Å². The third-order valence-electron chi connectivity index (χ3n) is 8.91. The topological polar surface area (TPSA) is 183 Å². The van der Waals surface area contributed by atoms with E-state index in [0.717, 1.165) is 11.1 Å². The summed E-state index contributed by atoms with van der Waals surface area (Å²) in [5.41, 5.74) is 1.54. The monoisotopic (exact) mass is 696 g/mol. The molecule has 0 aliphatic carbocycles. The van der Waals surface area contributed by atoms with Crippen molar-refractivity contribution in [2.24, 2.45) is 17.8 Å². The van der Waals surface area contributed by atoms with E-state index in [1.54, 1.807) is 39.0 Å². The molecule has 4 amide bonds. The van der Waals surface area contributed by atoms with E-state index >= 15 is 0 Å². The van der Waals surface area contributed by atoms with Gasteiger partial charge >= 0.3 is 5.97 Å². The first-order valence-electron chi connectivity index (χ1n) is 17.6. The Balaban J connectivity index is 2.24. The molecule has 2 aromatic rings. The van der Waals surface area contributed by atoms with E-state index in [9.17, 15) is 34.2 Å². The van der Waals surface area contributed by atoms with Crippen LogP contribution in [0.5, 0.6) is 5.75 Å². The fourth-order valence-corrected chi connectivity index (χ4v) is 5.47. The van der Waals surface area contributed by atoms with Gasteiger partial charge in [-0.25, -0.2) is 4.79 Å². The Morgan fingerprint density at radius 3 is 1.80 bits per heavy atom. The quantitative estimate of drug-likeness (QED) is 0.115. The number of carbonyl (C=O) groups is 5. The fourth-order valence-electron chi connectivity index (χ4n) is 5.47. The predicted molar refractivity (Wildman–Crippen MR) is 191 cm³/mol. The molecule has 2 aromatic carbocycles. The standard InChI is InChI=1S/C38H56N4O8/c1-8-24(6)34(40-31(44)21-27-17-14-18-28(19-27)50-10-3)36(46)39-29(20-26-15-12-11-13-16-26)30(43)22-32(45)41-35(25(7)9-2)37(47)42-33(23(4)5)38(48)49/h11-19,23-25,29-30,33-35,43H,8-10,20-22H2,1-7H3,(H,39,46)(H,40,44)(H,41,45)(H,42,47)(H,48,49)/t24?,25-,29-,30-,33-,34?,35-/m0/s1. The minimum atomic E-state index is -1.36. The molecule has 276 valence electrons. The largest absolute Gasteiger partial charge is 0.494 e. The van der Waals surface area contributed by atoms with Crippen LogP contribution in [-0.4, -0.2) is 76.7 Å². The number of carboxylic acid groups (broad SMARTS) is 1. The number of hydrogen-bond acceptors (Lipinski definition) is 7. The van der Waals surface area contributed by atoms with Gasteiger partial charge < -0.3 is 36.2 Å². The molecule has 6 N–H and O–H groups in total. The SMILES string of the molecule is CCOc1cccc(CC(=O)NC(C(=O)N[C@@H](Cc2ccccc2)[C@@H](O)CC(=O)N[C@H](C(=O)N[C@H](C(=O)O)C(C)C)[C@@H](C)CC)C(C)CC)c1. The molecule has 0 aliphatic heterocycles. The lowest BCUT2D eigenvalue weighted by molar-refractivity contribution is -0.143. The Bertz CT molecular complexity index is 1400. The average molecular weight is 697 g/mol. The third-order valence-corrected chi connectivity index (χ3v) is 8.91. The molecular formula is C38H56N4O8. The molecule has 0 heterocycles. The molecule has 0 saturated carbocycles. The number of aliphatic hydroxyl groups excluding tert-OH is 1. The summed E-state index contributed by atoms with van der Waals surface area (Å²) in [6.07, 6.45) is -0.472. The molecule has 0 aromatic heterocycles. The highest BCUT2D eigenvalue weighted by atomic mass is 16.5. The summed E-state index contributed by atoms with van der Waals surface area (Å²) in [7, 11) is 0. The van der Waals surface area contributed by atoms with Crippen molar-refractivity contribution in [1.29, 1.82) is 0 Å². The van der Waals surface area contributed by atoms with Crippen molar-refractivity contribution < 1.29 is 38.9 Å². The minimum Gasteiger partial charge on any atom is -0.494 e. The summed E-state index contributed by atoms with van der Waals surface area (Å²) >= 11 is 0. The van der Waals surface area contributed by atoms with Crippen molar-refractivity contribution >= 4 is 29.6 Å². The second-order valence-electron chi connectivity index (χ2n) is 13.3. The first-order valence-corrected chi connectivity index (χ1v) is 17.6. The summed E-state index contributed by atoms with van der Waals surface area (Å²) < 4.78 is 5.54. The summed E-state index contributed by atoms with van der Waals surface area (Å²) in [6.45, 7) is 13.1. The molecule has 0 saturated heterocycles. The molecule has 2 rings (SSSR count). The maximum absolute atomic E-state index is 13.8. The normalized spacial score (nSPS) is 15.4. The maximum Gasteiger partial charge on any atom is 0.326 e. The van der Waals surface area contributed by atoms with E-state index in [1.807, 2.05) is 64.1 Å². The van der Waals surface area contributed by atoms with E-state index in [0.29, 0.717) is 25.2 Å². The van der Waals surface area contributed by atoms with E-state index in [-0.39, 0.29) is 36.5 Å². The summed E-state index contributed by atoms with van der Waals surface area (Å²) in [5, 5.41) is 31.9. The minimum absolute atomic E-state index is 0.0344. The molecule has 0 fully saturated rings. The van der Waals surface area contributed by atoms with Gasteiger partial charge in [-0.15, -0.1) is 0 Å². The van der Waals surface area contributed by atoms with Gasteiger partial charge in [0, 0.05) is 0 Å². The highest BCUT2D eigenvalue weighted by Gasteiger charge is 2.34. The summed E-state index contributed by atoms with van der Waals surface area (Å²) in [5.74, 6) is -3.62. The van der Waals surface area contributed by atoms with Gasteiger partial charge in [0.2, 0.25) is 23.6 Å². The predicted octanol–water partition coefficient (Wildman–Crippen LogP) is 3.39. The molecule has 12 heteroatoms. The van der Waals surface area contributed by atoms with Crippen LogP contribution in [0.4, 0.5) is 0 Å². The zero-order chi connectivity index (χ0) is 37.4. The zero-order valence-electron chi connectivity index (χ0n) is 30.4. The number of aliphatic carboxylic acids is 1. The Hall–Kier alpha value is -4.45. The first-order chi connectivity index (χ1) is 23.7. The first kappa shape index (κ1) is 41.7. The van der Waals surface area contributed by atoms with E-state index in [1.165, 1.54) is 0 Å². The molecule has 0 bridgehead atoms. The second-order valence-corrected chi connectivity index (χ2v) is 13.3. The Morgan fingerprint density at radius 2 is 1.26 bits per heavy atom. The molecule has 7 atom stereocenters. The van der Waals surface area contributed by atoms with Crippen molar-refractivity contribution in [1.82, 2.24) is 21.3 Å².